The van der Waals surface area contributed by atoms with Gasteiger partial charge >= 0.3 is 6.01 Å². The van der Waals surface area contributed by atoms with Crippen LogP contribution in [0.4, 0.5) is 5.82 Å². The number of nitrogens with zero attached hydrogens (tertiary/aromatic N) is 4. The lowest BCUT2D eigenvalue weighted by Gasteiger charge is -2.32. The second-order valence-corrected chi connectivity index (χ2v) is 4.36. The Morgan fingerprint density at radius 1 is 1.35 bits per heavy atom. The monoisotopic (exact) mass is 257 g/mol. The van der Waals surface area contributed by atoms with Crippen molar-refractivity contribution in [3.63, 3.8) is 0 Å². The van der Waals surface area contributed by atoms with Crippen molar-refractivity contribution in [2.45, 2.75) is 0 Å². The van der Waals surface area contributed by atoms with E-state index >= 15 is 0 Å². The maximum atomic E-state index is 6.02. The van der Waals surface area contributed by atoms with Gasteiger partial charge in [0.25, 0.3) is 0 Å². The summed E-state index contributed by atoms with van der Waals surface area (Å²) in [4.78, 5) is 10.4. The van der Waals surface area contributed by atoms with Crippen LogP contribution in [-0.4, -0.2) is 60.2 Å². The van der Waals surface area contributed by atoms with Crippen molar-refractivity contribution in [2.75, 3.05) is 45.8 Å². The highest BCUT2D eigenvalue weighted by molar-refractivity contribution is 6.32. The molecule has 2 heterocycles. The predicted octanol–water partition coefficient (Wildman–Crippen LogP) is 0.713. The van der Waals surface area contributed by atoms with Crippen LogP contribution in [0.2, 0.25) is 5.02 Å². The molecule has 7 heteroatoms. The summed E-state index contributed by atoms with van der Waals surface area (Å²) >= 11 is 6.02. The maximum absolute atomic E-state index is 6.02. The number of hydrogen-bond acceptors (Lipinski definition) is 6. The Labute approximate surface area is 106 Å². The number of piperazine rings is 1. The van der Waals surface area contributed by atoms with E-state index in [1.54, 1.807) is 0 Å². The second-order valence-electron chi connectivity index (χ2n) is 3.96. The first kappa shape index (κ1) is 12.3. The predicted molar refractivity (Wildman–Crippen MR) is 66.3 cm³/mol. The molecular weight excluding hydrogens is 242 g/mol. The zero-order valence-electron chi connectivity index (χ0n) is 9.98. The molecule has 0 radical (unpaired) electrons. The quantitative estimate of drug-likeness (QED) is 0.861. The lowest BCUT2D eigenvalue weighted by molar-refractivity contribution is 0.178. The Morgan fingerprint density at radius 3 is 2.71 bits per heavy atom. The normalized spacial score (nSPS) is 18.1. The summed E-state index contributed by atoms with van der Waals surface area (Å²) in [6, 6.07) is 0.311. The first-order chi connectivity index (χ1) is 8.19. The molecular formula is C10H16ClN5O. The van der Waals surface area contributed by atoms with Crippen molar-refractivity contribution in [2.24, 2.45) is 0 Å². The Hall–Kier alpha value is -1.11. The van der Waals surface area contributed by atoms with Gasteiger partial charge in [-0.3, -0.25) is 0 Å². The number of hydrogen-bond donors (Lipinski definition) is 1. The summed E-state index contributed by atoms with van der Waals surface area (Å²) in [6.07, 6.45) is 1.53. The molecule has 0 unspecified atom stereocenters. The Balaban J connectivity index is 2.02. The van der Waals surface area contributed by atoms with Crippen molar-refractivity contribution in [1.29, 1.82) is 0 Å². The van der Waals surface area contributed by atoms with E-state index in [-0.39, 0.29) is 0 Å². The first-order valence-corrected chi connectivity index (χ1v) is 5.83. The summed E-state index contributed by atoms with van der Waals surface area (Å²) in [5.74, 6) is 0.586. The van der Waals surface area contributed by atoms with Crippen LogP contribution in [0.25, 0.3) is 0 Å². The number of likely N-dealkylation sites (N-methyl/N-ethyl adjacent to an activating group) is 1. The van der Waals surface area contributed by atoms with E-state index < -0.39 is 0 Å². The molecule has 1 aliphatic heterocycles. The summed E-state index contributed by atoms with van der Waals surface area (Å²) < 4.78 is 4.97. The van der Waals surface area contributed by atoms with Crippen LogP contribution >= 0.6 is 11.6 Å². The Morgan fingerprint density at radius 2 is 2.06 bits per heavy atom. The molecule has 1 fully saturated rings. The van der Waals surface area contributed by atoms with Crippen molar-refractivity contribution >= 4 is 17.4 Å². The van der Waals surface area contributed by atoms with E-state index in [4.69, 9.17) is 16.3 Å². The third kappa shape index (κ3) is 3.18. The van der Waals surface area contributed by atoms with Crippen LogP contribution in [0, 0.1) is 0 Å². The van der Waals surface area contributed by atoms with Crippen LogP contribution in [0.15, 0.2) is 6.20 Å². The number of anilines is 1. The van der Waals surface area contributed by atoms with Gasteiger partial charge in [-0.15, -0.1) is 0 Å². The van der Waals surface area contributed by atoms with E-state index in [9.17, 15) is 0 Å². The summed E-state index contributed by atoms with van der Waals surface area (Å²) in [5, 5.41) is 2.58. The minimum atomic E-state index is 0.311. The molecule has 0 amide bonds. The summed E-state index contributed by atoms with van der Waals surface area (Å²) in [5.41, 5.74) is 3.19. The highest BCUT2D eigenvalue weighted by Gasteiger charge is 2.15. The van der Waals surface area contributed by atoms with Crippen molar-refractivity contribution in [3.8, 4) is 6.01 Å². The molecule has 1 saturated heterocycles. The zero-order valence-corrected chi connectivity index (χ0v) is 10.7. The van der Waals surface area contributed by atoms with Gasteiger partial charge in [-0.05, 0) is 7.05 Å². The fourth-order valence-electron chi connectivity index (χ4n) is 1.60. The third-order valence-electron chi connectivity index (χ3n) is 2.67. The molecule has 1 aliphatic rings. The number of nitrogens with one attached hydrogen (secondary N) is 1. The van der Waals surface area contributed by atoms with E-state index in [1.165, 1.54) is 13.3 Å². The van der Waals surface area contributed by atoms with Crippen molar-refractivity contribution < 1.29 is 4.74 Å². The highest BCUT2D eigenvalue weighted by Crippen LogP contribution is 2.20. The van der Waals surface area contributed by atoms with Gasteiger partial charge in [0.15, 0.2) is 5.82 Å². The molecule has 17 heavy (non-hydrogen) atoms. The minimum Gasteiger partial charge on any atom is -0.467 e. The molecule has 94 valence electrons. The highest BCUT2D eigenvalue weighted by atomic mass is 35.5. The molecule has 0 bridgehead atoms. The van der Waals surface area contributed by atoms with Gasteiger partial charge in [0, 0.05) is 26.2 Å². The van der Waals surface area contributed by atoms with Gasteiger partial charge < -0.3 is 15.1 Å². The van der Waals surface area contributed by atoms with E-state index in [0.29, 0.717) is 16.9 Å². The number of aromatic nitrogens is 2. The molecule has 0 saturated carbocycles. The van der Waals surface area contributed by atoms with E-state index in [0.717, 1.165) is 26.2 Å². The molecule has 2 rings (SSSR count). The van der Waals surface area contributed by atoms with Gasteiger partial charge in [0.1, 0.15) is 5.02 Å². The minimum absolute atomic E-state index is 0.311. The zero-order chi connectivity index (χ0) is 12.3. The average molecular weight is 258 g/mol. The van der Waals surface area contributed by atoms with Crippen molar-refractivity contribution in [3.05, 3.63) is 11.2 Å². The fraction of sp³-hybridized carbons (Fsp3) is 0.600. The average Bonchev–Trinajstić information content (AvgIpc) is 2.35. The Kier molecular flexibility index (Phi) is 3.98. The number of rotatable bonds is 3. The second kappa shape index (κ2) is 5.48. The van der Waals surface area contributed by atoms with Gasteiger partial charge in [0.05, 0.1) is 13.3 Å². The molecule has 0 aliphatic carbocycles. The van der Waals surface area contributed by atoms with E-state index in [1.807, 2.05) is 0 Å². The molecule has 6 nitrogen and oxygen atoms in total. The lowest BCUT2D eigenvalue weighted by Crippen LogP contribution is -2.47. The van der Waals surface area contributed by atoms with Crippen LogP contribution in [0.5, 0.6) is 6.01 Å². The first-order valence-electron chi connectivity index (χ1n) is 5.45. The van der Waals surface area contributed by atoms with Crippen LogP contribution in [0.3, 0.4) is 0 Å². The lowest BCUT2D eigenvalue weighted by atomic mass is 10.4. The molecule has 0 spiro atoms. The van der Waals surface area contributed by atoms with Gasteiger partial charge in [-0.2, -0.15) is 4.98 Å². The number of methoxy groups -OCH3 is 1. The topological polar surface area (TPSA) is 53.5 Å². The van der Waals surface area contributed by atoms with Crippen molar-refractivity contribution in [1.82, 2.24) is 19.9 Å². The molecule has 1 N–H and O–H groups in total. The maximum Gasteiger partial charge on any atom is 0.318 e. The molecule has 0 atom stereocenters. The van der Waals surface area contributed by atoms with Gasteiger partial charge in [-0.25, -0.2) is 9.99 Å². The molecule has 0 aromatic carbocycles. The summed E-state index contributed by atoms with van der Waals surface area (Å²) in [7, 11) is 3.64. The molecule has 1 aromatic heterocycles. The van der Waals surface area contributed by atoms with Crippen LogP contribution in [0.1, 0.15) is 0 Å². The van der Waals surface area contributed by atoms with Crippen LogP contribution in [-0.2, 0) is 0 Å². The fourth-order valence-corrected chi connectivity index (χ4v) is 1.73. The Bertz CT molecular complexity index is 381. The SMILES string of the molecule is COc1ncc(Cl)c(NN2CCN(C)CC2)n1. The number of hydrazine groups is 1. The number of ether oxygens (including phenoxy) is 1. The van der Waals surface area contributed by atoms with Gasteiger partial charge in [0.2, 0.25) is 0 Å². The molecule has 1 aromatic rings. The largest absolute Gasteiger partial charge is 0.467 e. The van der Waals surface area contributed by atoms with Crippen LogP contribution < -0.4 is 10.2 Å². The standard InChI is InChI=1S/C10H16ClN5O/c1-15-3-5-16(6-4-15)14-9-8(11)7-12-10(13-9)17-2/h7H,3-6H2,1-2H3,(H,12,13,14). The smallest absolute Gasteiger partial charge is 0.318 e. The third-order valence-corrected chi connectivity index (χ3v) is 2.95. The summed E-state index contributed by atoms with van der Waals surface area (Å²) in [6.45, 7) is 3.90. The van der Waals surface area contributed by atoms with Gasteiger partial charge in [-0.1, -0.05) is 11.6 Å². The van der Waals surface area contributed by atoms with E-state index in [2.05, 4.69) is 32.4 Å². The number of halogens is 1.